The molecule has 4 aromatic rings. The van der Waals surface area contributed by atoms with Crippen molar-refractivity contribution in [2.24, 2.45) is 5.92 Å². The molecule has 1 aromatic carbocycles. The van der Waals surface area contributed by atoms with Gasteiger partial charge < -0.3 is 31.0 Å². The normalized spacial score (nSPS) is 16.0. The van der Waals surface area contributed by atoms with Gasteiger partial charge in [-0.3, -0.25) is 10.0 Å². The topological polar surface area (TPSA) is 178 Å². The lowest BCUT2D eigenvalue weighted by molar-refractivity contribution is 0.0705. The number of nitrogens with zero attached hydrogens (tertiary/aromatic N) is 6. The summed E-state index contributed by atoms with van der Waals surface area (Å²) in [6.45, 7) is 6.14. The number of nitrogen functional groups attached to an aromatic ring is 1. The Kier molecular flexibility index (Phi) is 8.69. The quantitative estimate of drug-likeness (QED) is 0.0823. The first-order valence-electron chi connectivity index (χ1n) is 14.3. The summed E-state index contributed by atoms with van der Waals surface area (Å²) in [6.07, 6.45) is 6.13. The molecule has 6 rings (SSSR count). The van der Waals surface area contributed by atoms with E-state index in [2.05, 4.69) is 31.2 Å². The number of thiophene rings is 1. The van der Waals surface area contributed by atoms with Gasteiger partial charge in [-0.2, -0.15) is 0 Å². The molecule has 0 spiro atoms. The Labute approximate surface area is 252 Å². The van der Waals surface area contributed by atoms with Crippen LogP contribution in [-0.2, 0) is 11.3 Å². The molecule has 5 heterocycles. The molecule has 6 N–H and O–H groups in total. The van der Waals surface area contributed by atoms with Gasteiger partial charge >= 0.3 is 0 Å². The van der Waals surface area contributed by atoms with Gasteiger partial charge in [-0.05, 0) is 37.4 Å². The zero-order chi connectivity index (χ0) is 29.8. The van der Waals surface area contributed by atoms with Crippen LogP contribution in [0.3, 0.4) is 0 Å². The predicted octanol–water partition coefficient (Wildman–Crippen LogP) is 2.69. The number of rotatable bonds is 9. The number of benzene rings is 1. The van der Waals surface area contributed by atoms with Crippen molar-refractivity contribution < 1.29 is 14.7 Å². The van der Waals surface area contributed by atoms with Crippen LogP contribution in [0, 0.1) is 11.3 Å². The molecule has 224 valence electrons. The third kappa shape index (κ3) is 6.27. The third-order valence-corrected chi connectivity index (χ3v) is 8.99. The van der Waals surface area contributed by atoms with Crippen molar-refractivity contribution in [1.82, 2.24) is 30.7 Å². The Bertz CT molecular complexity index is 1600. The first-order chi connectivity index (χ1) is 21.0. The monoisotopic (exact) mass is 602 g/mol. The minimum Gasteiger partial charge on any atom is -0.398 e. The molecule has 2 saturated heterocycles. The minimum atomic E-state index is -0.627. The number of morpholine rings is 1. The summed E-state index contributed by atoms with van der Waals surface area (Å²) in [5.74, 6) is 1.96. The summed E-state index contributed by atoms with van der Waals surface area (Å²) in [5.41, 5.74) is 10.8. The molecule has 0 bridgehead atoms. The van der Waals surface area contributed by atoms with E-state index in [1.807, 2.05) is 12.1 Å². The molecule has 0 atom stereocenters. The van der Waals surface area contributed by atoms with E-state index < -0.39 is 5.91 Å². The Morgan fingerprint density at radius 3 is 2.63 bits per heavy atom. The summed E-state index contributed by atoms with van der Waals surface area (Å²) in [4.78, 5) is 35.6. The zero-order valence-corrected chi connectivity index (χ0v) is 24.4. The fourth-order valence-corrected chi connectivity index (χ4v) is 6.59. The summed E-state index contributed by atoms with van der Waals surface area (Å²) in [5, 5.41) is 20.3. The molecule has 0 saturated carbocycles. The number of anilines is 3. The Balaban J connectivity index is 1.13. The number of fused-ring (bicyclic) bond motifs is 1. The van der Waals surface area contributed by atoms with Gasteiger partial charge in [0.05, 0.1) is 29.0 Å². The third-order valence-electron chi connectivity index (χ3n) is 7.87. The second kappa shape index (κ2) is 13.0. The number of piperidine rings is 1. The highest BCUT2D eigenvalue weighted by Crippen LogP contribution is 2.35. The van der Waals surface area contributed by atoms with Crippen molar-refractivity contribution in [3.8, 4) is 11.4 Å². The SMILES string of the molecule is N=Cc1c(N)cccc1-c1nc(N2CCOCC2)c2sc(CNCC3CCN(c4ncc(C(=O)NO)cn4)CC3)cc2n1. The number of hydrogen-bond acceptors (Lipinski definition) is 13. The lowest BCUT2D eigenvalue weighted by Gasteiger charge is -2.32. The van der Waals surface area contributed by atoms with Gasteiger partial charge in [-0.25, -0.2) is 25.4 Å². The predicted molar refractivity (Wildman–Crippen MR) is 166 cm³/mol. The van der Waals surface area contributed by atoms with Crippen molar-refractivity contribution in [2.45, 2.75) is 19.4 Å². The number of aromatic nitrogens is 4. The van der Waals surface area contributed by atoms with Gasteiger partial charge in [0.2, 0.25) is 5.95 Å². The van der Waals surface area contributed by atoms with E-state index in [4.69, 9.17) is 31.1 Å². The molecule has 2 aliphatic rings. The van der Waals surface area contributed by atoms with Crippen molar-refractivity contribution in [3.63, 3.8) is 0 Å². The van der Waals surface area contributed by atoms with E-state index in [0.29, 0.717) is 42.2 Å². The largest absolute Gasteiger partial charge is 0.398 e. The highest BCUT2D eigenvalue weighted by atomic mass is 32.1. The van der Waals surface area contributed by atoms with Crippen LogP contribution in [0.1, 0.15) is 33.6 Å². The zero-order valence-electron chi connectivity index (χ0n) is 23.6. The first kappa shape index (κ1) is 28.9. The molecule has 3 aromatic heterocycles. The number of nitrogens with two attached hydrogens (primary N) is 1. The molecule has 1 amide bonds. The van der Waals surface area contributed by atoms with E-state index in [1.165, 1.54) is 23.5 Å². The summed E-state index contributed by atoms with van der Waals surface area (Å²) >= 11 is 1.72. The fourth-order valence-electron chi connectivity index (χ4n) is 5.50. The standard InChI is InChI=1S/C29H34N10O3S/c30-13-22-21(2-1-3-23(22)31)26-35-24-12-20(43-25(24)27(36-26)38-8-10-42-11-9-38)17-32-14-18-4-6-39(7-5-18)29-33-15-19(16-34-29)28(40)37-41/h1-3,12-13,15-16,18,30,32,41H,4-11,14,17,31H2,(H,37,40). The summed E-state index contributed by atoms with van der Waals surface area (Å²) < 4.78 is 6.65. The summed E-state index contributed by atoms with van der Waals surface area (Å²) in [7, 11) is 0. The van der Waals surface area contributed by atoms with Gasteiger partial charge in [-0.1, -0.05) is 12.1 Å². The molecule has 13 nitrogen and oxygen atoms in total. The van der Waals surface area contributed by atoms with Gasteiger partial charge in [0.25, 0.3) is 5.91 Å². The number of amides is 1. The van der Waals surface area contributed by atoms with Gasteiger partial charge in [0, 0.05) is 73.0 Å². The first-order valence-corrected chi connectivity index (χ1v) is 15.1. The van der Waals surface area contributed by atoms with Crippen LogP contribution in [0.2, 0.25) is 0 Å². The number of hydrogen-bond donors (Lipinski definition) is 5. The fraction of sp³-hybridized carbons (Fsp3) is 0.379. The highest BCUT2D eigenvalue weighted by molar-refractivity contribution is 7.19. The molecule has 0 radical (unpaired) electrons. The molecular weight excluding hydrogens is 568 g/mol. The Hall–Kier alpha value is -4.24. The number of hydroxylamine groups is 1. The lowest BCUT2D eigenvalue weighted by Crippen LogP contribution is -2.38. The number of carbonyl (C=O) groups is 1. The van der Waals surface area contributed by atoms with E-state index in [9.17, 15) is 4.79 Å². The van der Waals surface area contributed by atoms with Crippen LogP contribution in [0.25, 0.3) is 21.6 Å². The molecule has 14 heteroatoms. The number of carbonyl (C=O) groups excluding carboxylic acids is 1. The highest BCUT2D eigenvalue weighted by Gasteiger charge is 2.23. The second-order valence-corrected chi connectivity index (χ2v) is 11.8. The van der Waals surface area contributed by atoms with Crippen molar-refractivity contribution in [3.05, 3.63) is 52.7 Å². The van der Waals surface area contributed by atoms with Crippen LogP contribution >= 0.6 is 11.3 Å². The van der Waals surface area contributed by atoms with Gasteiger partial charge in [-0.15, -0.1) is 11.3 Å². The van der Waals surface area contributed by atoms with Crippen LogP contribution in [-0.4, -0.2) is 83.2 Å². The van der Waals surface area contributed by atoms with Gasteiger partial charge in [0.1, 0.15) is 0 Å². The van der Waals surface area contributed by atoms with Crippen molar-refractivity contribution in [1.29, 1.82) is 5.41 Å². The van der Waals surface area contributed by atoms with Crippen molar-refractivity contribution >= 4 is 51.1 Å². The van der Waals surface area contributed by atoms with Crippen LogP contribution < -0.4 is 26.3 Å². The number of nitrogens with one attached hydrogen (secondary N) is 3. The average molecular weight is 603 g/mol. The van der Waals surface area contributed by atoms with E-state index >= 15 is 0 Å². The van der Waals surface area contributed by atoms with Crippen LogP contribution in [0.4, 0.5) is 17.5 Å². The minimum absolute atomic E-state index is 0.215. The maximum absolute atomic E-state index is 11.5. The second-order valence-electron chi connectivity index (χ2n) is 10.6. The lowest BCUT2D eigenvalue weighted by atomic mass is 9.97. The maximum Gasteiger partial charge on any atom is 0.277 e. The Morgan fingerprint density at radius 2 is 1.91 bits per heavy atom. The molecule has 2 fully saturated rings. The smallest absolute Gasteiger partial charge is 0.277 e. The maximum atomic E-state index is 11.5. The van der Waals surface area contributed by atoms with Crippen LogP contribution in [0.5, 0.6) is 0 Å². The molecule has 2 aliphatic heterocycles. The molecule has 43 heavy (non-hydrogen) atoms. The summed E-state index contributed by atoms with van der Waals surface area (Å²) in [6, 6.07) is 7.71. The number of ether oxygens (including phenoxy) is 1. The van der Waals surface area contributed by atoms with Crippen LogP contribution in [0.15, 0.2) is 36.7 Å². The molecule has 0 unspecified atom stereocenters. The van der Waals surface area contributed by atoms with Gasteiger partial charge in [0.15, 0.2) is 11.6 Å². The van der Waals surface area contributed by atoms with E-state index in [0.717, 1.165) is 73.7 Å². The van der Waals surface area contributed by atoms with E-state index in [-0.39, 0.29) is 5.56 Å². The van der Waals surface area contributed by atoms with E-state index in [1.54, 1.807) is 22.9 Å². The average Bonchev–Trinajstić information content (AvgIpc) is 3.47. The Morgan fingerprint density at radius 1 is 1.14 bits per heavy atom. The molecular formula is C29H34N10O3S. The molecule has 0 aliphatic carbocycles. The van der Waals surface area contributed by atoms with Crippen molar-refractivity contribution in [2.75, 3.05) is 61.5 Å².